The largest absolute Gasteiger partial charge is 0.384 e. The minimum atomic E-state index is -0.00837. The zero-order valence-electron chi connectivity index (χ0n) is 21.1. The second-order valence-electron chi connectivity index (χ2n) is 9.54. The fourth-order valence-corrected chi connectivity index (χ4v) is 4.40. The highest BCUT2D eigenvalue weighted by Gasteiger charge is 2.24. The first-order valence-electron chi connectivity index (χ1n) is 13.1. The quantitative estimate of drug-likeness (QED) is 0.355. The Labute approximate surface area is 208 Å². The van der Waals surface area contributed by atoms with E-state index in [1.165, 1.54) is 38.5 Å². The summed E-state index contributed by atoms with van der Waals surface area (Å²) in [7, 11) is 0. The first kappa shape index (κ1) is 25.0. The van der Waals surface area contributed by atoms with Gasteiger partial charge >= 0.3 is 0 Å². The summed E-state index contributed by atoms with van der Waals surface area (Å²) in [4.78, 5) is 16.9. The van der Waals surface area contributed by atoms with Crippen molar-refractivity contribution in [2.24, 2.45) is 0 Å². The summed E-state index contributed by atoms with van der Waals surface area (Å²) in [5.74, 6) is 1.22. The number of hydrogen-bond acceptors (Lipinski definition) is 6. The molecule has 0 saturated heterocycles. The lowest BCUT2D eigenvalue weighted by Gasteiger charge is -2.10. The zero-order chi connectivity index (χ0) is 24.6. The number of rotatable bonds is 8. The number of nitrogen functional groups attached to an aromatic ring is 1. The number of hydrogen-bond donors (Lipinski definition) is 4. The van der Waals surface area contributed by atoms with Crippen molar-refractivity contribution in [2.45, 2.75) is 71.3 Å². The van der Waals surface area contributed by atoms with Gasteiger partial charge in [0.05, 0.1) is 6.20 Å². The Kier molecular flexibility index (Phi) is 8.58. The van der Waals surface area contributed by atoms with Gasteiger partial charge in [-0.25, -0.2) is 4.98 Å². The molecule has 1 aromatic carbocycles. The maximum atomic E-state index is 12.4. The molecule has 1 amide bonds. The molecular weight excluding hydrogens is 438 g/mol. The van der Waals surface area contributed by atoms with Crippen molar-refractivity contribution in [1.82, 2.24) is 25.2 Å². The molecule has 2 saturated carbocycles. The van der Waals surface area contributed by atoms with Gasteiger partial charge in [0.1, 0.15) is 11.6 Å². The molecular formula is C27H39N7O. The molecule has 5 rings (SSSR count). The van der Waals surface area contributed by atoms with Gasteiger partial charge in [-0.1, -0.05) is 57.6 Å². The number of fused-ring (bicyclic) bond motifs is 1. The third-order valence-corrected chi connectivity index (χ3v) is 6.54. The summed E-state index contributed by atoms with van der Waals surface area (Å²) >= 11 is 0. The molecule has 0 aliphatic heterocycles. The van der Waals surface area contributed by atoms with E-state index in [0.717, 1.165) is 55.0 Å². The molecule has 2 fully saturated rings. The molecule has 0 spiro atoms. The van der Waals surface area contributed by atoms with Crippen LogP contribution in [0.1, 0.15) is 74.2 Å². The SMILES string of the molecule is C1CCCCC1.CCNCCNc1cc(N)nc2c(-c3ccc(C(=O)NC4CC4)c(C)c3)cnn12. The first-order chi connectivity index (χ1) is 17.1. The van der Waals surface area contributed by atoms with Crippen LogP contribution in [-0.2, 0) is 0 Å². The number of carbonyl (C=O) groups excluding carboxylic acids is 1. The maximum Gasteiger partial charge on any atom is 0.251 e. The fourth-order valence-electron chi connectivity index (χ4n) is 4.40. The Morgan fingerprint density at radius 1 is 1.09 bits per heavy atom. The predicted molar refractivity (Wildman–Crippen MR) is 143 cm³/mol. The summed E-state index contributed by atoms with van der Waals surface area (Å²) in [6.45, 7) is 6.55. The van der Waals surface area contributed by atoms with E-state index in [1.807, 2.05) is 25.1 Å². The van der Waals surface area contributed by atoms with E-state index in [1.54, 1.807) is 16.8 Å². The van der Waals surface area contributed by atoms with Gasteiger partial charge in [0.2, 0.25) is 0 Å². The smallest absolute Gasteiger partial charge is 0.251 e. The van der Waals surface area contributed by atoms with Crippen LogP contribution in [0.15, 0.2) is 30.5 Å². The van der Waals surface area contributed by atoms with Crippen molar-refractivity contribution in [1.29, 1.82) is 0 Å². The van der Waals surface area contributed by atoms with Gasteiger partial charge in [-0.15, -0.1) is 0 Å². The van der Waals surface area contributed by atoms with Gasteiger partial charge in [0.25, 0.3) is 5.91 Å². The molecule has 8 nitrogen and oxygen atoms in total. The number of nitrogens with one attached hydrogen (secondary N) is 3. The van der Waals surface area contributed by atoms with Crippen LogP contribution >= 0.6 is 0 Å². The molecule has 0 unspecified atom stereocenters. The second kappa shape index (κ2) is 12.0. The van der Waals surface area contributed by atoms with E-state index in [-0.39, 0.29) is 5.91 Å². The standard InChI is InChI=1S/C21H27N7O.C6H12/c1-3-23-8-9-24-19-11-18(22)27-20-17(12-25-28(19)20)14-4-7-16(13(2)10-14)21(29)26-15-5-6-15;1-2-4-6-5-3-1/h4,7,10-12,15,23-24H,3,5-6,8-9H2,1-2H3,(H2,22,27)(H,26,29);1-6H2. The van der Waals surface area contributed by atoms with Gasteiger partial charge in [0.15, 0.2) is 5.65 Å². The minimum absolute atomic E-state index is 0.00837. The Morgan fingerprint density at radius 2 is 1.80 bits per heavy atom. The van der Waals surface area contributed by atoms with Crippen LogP contribution in [0.25, 0.3) is 16.8 Å². The van der Waals surface area contributed by atoms with Crippen LogP contribution in [0.4, 0.5) is 11.6 Å². The Morgan fingerprint density at radius 3 is 2.43 bits per heavy atom. The normalized spacial score (nSPS) is 15.4. The van der Waals surface area contributed by atoms with Gasteiger partial charge in [0, 0.05) is 36.3 Å². The minimum Gasteiger partial charge on any atom is -0.384 e. The van der Waals surface area contributed by atoms with Crippen LogP contribution in [0, 0.1) is 6.92 Å². The summed E-state index contributed by atoms with van der Waals surface area (Å²) in [5.41, 5.74) is 10.2. The molecule has 0 atom stereocenters. The van der Waals surface area contributed by atoms with Crippen LogP contribution in [0.5, 0.6) is 0 Å². The average molecular weight is 478 g/mol. The van der Waals surface area contributed by atoms with Gasteiger partial charge in [-0.2, -0.15) is 9.61 Å². The first-order valence-corrected chi connectivity index (χ1v) is 13.1. The highest BCUT2D eigenvalue weighted by molar-refractivity contribution is 5.97. The summed E-state index contributed by atoms with van der Waals surface area (Å²) in [6, 6.07) is 7.93. The van der Waals surface area contributed by atoms with Gasteiger partial charge in [-0.3, -0.25) is 4.79 Å². The third kappa shape index (κ3) is 6.72. The highest BCUT2D eigenvalue weighted by atomic mass is 16.1. The molecule has 2 aromatic heterocycles. The van der Waals surface area contributed by atoms with Crippen LogP contribution in [0.2, 0.25) is 0 Å². The number of nitrogens with two attached hydrogens (primary N) is 1. The van der Waals surface area contributed by atoms with E-state index >= 15 is 0 Å². The fraction of sp³-hybridized carbons (Fsp3) is 0.519. The van der Waals surface area contributed by atoms with Crippen molar-refractivity contribution in [2.75, 3.05) is 30.7 Å². The number of amides is 1. The number of aromatic nitrogens is 3. The van der Waals surface area contributed by atoms with Gasteiger partial charge < -0.3 is 21.7 Å². The molecule has 0 bridgehead atoms. The van der Waals surface area contributed by atoms with Crippen molar-refractivity contribution < 1.29 is 4.79 Å². The highest BCUT2D eigenvalue weighted by Crippen LogP contribution is 2.28. The van der Waals surface area contributed by atoms with Crippen molar-refractivity contribution >= 4 is 23.2 Å². The van der Waals surface area contributed by atoms with E-state index in [0.29, 0.717) is 23.1 Å². The predicted octanol–water partition coefficient (Wildman–Crippen LogP) is 4.54. The molecule has 2 heterocycles. The van der Waals surface area contributed by atoms with Crippen LogP contribution < -0.4 is 21.7 Å². The molecule has 2 aliphatic carbocycles. The number of carbonyl (C=O) groups is 1. The molecule has 5 N–H and O–H groups in total. The second-order valence-corrected chi connectivity index (χ2v) is 9.54. The van der Waals surface area contributed by atoms with Crippen LogP contribution in [0.3, 0.4) is 0 Å². The summed E-state index contributed by atoms with van der Waals surface area (Å²) in [6.07, 6.45) is 12.9. The van der Waals surface area contributed by atoms with E-state index in [2.05, 4.69) is 33.0 Å². The van der Waals surface area contributed by atoms with Crippen molar-refractivity contribution in [3.8, 4) is 11.1 Å². The summed E-state index contributed by atoms with van der Waals surface area (Å²) < 4.78 is 1.76. The Balaban J connectivity index is 0.000000421. The molecule has 35 heavy (non-hydrogen) atoms. The number of nitrogens with zero attached hydrogens (tertiary/aromatic N) is 3. The monoisotopic (exact) mass is 477 g/mol. The van der Waals surface area contributed by atoms with Crippen LogP contribution in [-0.4, -0.2) is 46.2 Å². The zero-order valence-corrected chi connectivity index (χ0v) is 21.1. The average Bonchev–Trinajstić information content (AvgIpc) is 3.58. The number of likely N-dealkylation sites (N-methyl/N-ethyl adjacent to an activating group) is 1. The van der Waals surface area contributed by atoms with E-state index in [9.17, 15) is 4.79 Å². The topological polar surface area (TPSA) is 109 Å². The number of aryl methyl sites for hydroxylation is 1. The molecule has 2 aliphatic rings. The molecule has 0 radical (unpaired) electrons. The maximum absolute atomic E-state index is 12.4. The third-order valence-electron chi connectivity index (χ3n) is 6.54. The number of anilines is 2. The summed E-state index contributed by atoms with van der Waals surface area (Å²) in [5, 5.41) is 14.2. The Bertz CT molecular complexity index is 1120. The lowest BCUT2D eigenvalue weighted by atomic mass is 10.0. The lowest BCUT2D eigenvalue weighted by molar-refractivity contribution is 0.0950. The molecule has 3 aromatic rings. The van der Waals surface area contributed by atoms with E-state index < -0.39 is 0 Å². The Hall–Kier alpha value is -3.13. The van der Waals surface area contributed by atoms with E-state index in [4.69, 9.17) is 5.73 Å². The lowest BCUT2D eigenvalue weighted by Crippen LogP contribution is -2.26. The molecule has 8 heteroatoms. The molecule has 188 valence electrons. The van der Waals surface area contributed by atoms with Crippen molar-refractivity contribution in [3.05, 3.63) is 41.6 Å². The number of benzene rings is 1. The van der Waals surface area contributed by atoms with Crippen molar-refractivity contribution in [3.63, 3.8) is 0 Å². The van der Waals surface area contributed by atoms with Gasteiger partial charge in [-0.05, 0) is 43.5 Å².